The fraction of sp³-hybridized carbons (Fsp3) is 0.211. The number of carbonyl (C=O) groups excluding carboxylic acids is 3. The molecule has 0 bridgehead atoms. The lowest BCUT2D eigenvalue weighted by Gasteiger charge is -2.18. The van der Waals surface area contributed by atoms with Crippen LogP contribution in [0.1, 0.15) is 28.8 Å². The van der Waals surface area contributed by atoms with Crippen molar-refractivity contribution in [3.05, 3.63) is 70.7 Å². The second-order valence-electron chi connectivity index (χ2n) is 5.74. The van der Waals surface area contributed by atoms with Crippen molar-refractivity contribution in [1.29, 1.82) is 0 Å². The van der Waals surface area contributed by atoms with Gasteiger partial charge in [-0.2, -0.15) is 0 Å². The van der Waals surface area contributed by atoms with Gasteiger partial charge in [0.05, 0.1) is 0 Å². The van der Waals surface area contributed by atoms with Gasteiger partial charge in [0.1, 0.15) is 6.04 Å². The average molecular weight is 374 g/mol. The van der Waals surface area contributed by atoms with E-state index >= 15 is 0 Å². The van der Waals surface area contributed by atoms with Crippen molar-refractivity contribution in [1.82, 2.24) is 10.6 Å². The Bertz CT molecular complexity index is 763. The molecule has 2 rings (SSSR count). The number of nitrogens with one attached hydrogen (secondary N) is 2. The van der Waals surface area contributed by atoms with Gasteiger partial charge in [0, 0.05) is 23.6 Å². The maximum atomic E-state index is 12.5. The molecular formula is C19H20ClN3O3. The second-order valence-corrected chi connectivity index (χ2v) is 6.18. The van der Waals surface area contributed by atoms with Crippen LogP contribution in [-0.2, 0) is 16.1 Å². The maximum absolute atomic E-state index is 12.5. The predicted molar refractivity (Wildman–Crippen MR) is 99.4 cm³/mol. The molecule has 1 atom stereocenters. The molecule has 2 aromatic rings. The van der Waals surface area contributed by atoms with Crippen LogP contribution in [0.25, 0.3) is 0 Å². The first kappa shape index (κ1) is 19.5. The summed E-state index contributed by atoms with van der Waals surface area (Å²) in [5.74, 6) is -1.34. The molecule has 0 saturated carbocycles. The minimum Gasteiger partial charge on any atom is -0.370 e. The number of amides is 3. The molecule has 0 spiro atoms. The lowest BCUT2D eigenvalue weighted by molar-refractivity contribution is -0.123. The normalized spacial score (nSPS) is 11.4. The minimum atomic E-state index is -0.866. The Kier molecular flexibility index (Phi) is 7.17. The Hall–Kier alpha value is -2.86. The third-order valence-corrected chi connectivity index (χ3v) is 3.97. The van der Waals surface area contributed by atoms with Crippen LogP contribution < -0.4 is 16.4 Å². The van der Waals surface area contributed by atoms with E-state index in [0.717, 1.165) is 5.56 Å². The number of carbonyl (C=O) groups is 3. The summed E-state index contributed by atoms with van der Waals surface area (Å²) in [6, 6.07) is 14.8. The first-order valence-corrected chi connectivity index (χ1v) is 8.50. The molecule has 0 heterocycles. The van der Waals surface area contributed by atoms with E-state index in [1.54, 1.807) is 24.3 Å². The summed E-state index contributed by atoms with van der Waals surface area (Å²) in [7, 11) is 0. The molecule has 26 heavy (non-hydrogen) atoms. The molecule has 136 valence electrons. The molecule has 0 aromatic heterocycles. The van der Waals surface area contributed by atoms with Crippen LogP contribution in [0.5, 0.6) is 0 Å². The Balaban J connectivity index is 2.01. The molecule has 2 aromatic carbocycles. The van der Waals surface area contributed by atoms with Gasteiger partial charge < -0.3 is 16.4 Å². The zero-order valence-corrected chi connectivity index (χ0v) is 14.8. The van der Waals surface area contributed by atoms with E-state index in [0.29, 0.717) is 17.1 Å². The van der Waals surface area contributed by atoms with Crippen molar-refractivity contribution >= 4 is 29.3 Å². The molecule has 7 heteroatoms. The number of primary amides is 1. The molecule has 0 fully saturated rings. The summed E-state index contributed by atoms with van der Waals surface area (Å²) < 4.78 is 0. The lowest BCUT2D eigenvalue weighted by atomic mass is 10.1. The van der Waals surface area contributed by atoms with E-state index < -0.39 is 17.9 Å². The molecular weight excluding hydrogens is 354 g/mol. The van der Waals surface area contributed by atoms with Crippen LogP contribution in [0.2, 0.25) is 5.02 Å². The quantitative estimate of drug-likeness (QED) is 0.659. The zero-order chi connectivity index (χ0) is 18.9. The average Bonchev–Trinajstić information content (AvgIpc) is 2.64. The van der Waals surface area contributed by atoms with Gasteiger partial charge in [-0.15, -0.1) is 0 Å². The van der Waals surface area contributed by atoms with Gasteiger partial charge in [0.2, 0.25) is 11.8 Å². The molecule has 0 aliphatic heterocycles. The standard InChI is InChI=1S/C19H20ClN3O3/c20-15-8-6-14(7-9-15)18(25)23-16(10-11-17(21)24)19(26)22-12-13-4-2-1-3-5-13/h1-9,16H,10-12H2,(H2,21,24)(H,22,26)(H,23,25)/t16-/m0/s1. The number of rotatable bonds is 8. The van der Waals surface area contributed by atoms with Gasteiger partial charge in [0.25, 0.3) is 5.91 Å². The topological polar surface area (TPSA) is 101 Å². The third kappa shape index (κ3) is 6.22. The Morgan fingerprint density at radius 3 is 2.27 bits per heavy atom. The van der Waals surface area contributed by atoms with Crippen LogP contribution in [0.3, 0.4) is 0 Å². The number of nitrogens with two attached hydrogens (primary N) is 1. The summed E-state index contributed by atoms with van der Waals surface area (Å²) in [5, 5.41) is 5.91. The van der Waals surface area contributed by atoms with Gasteiger partial charge in [-0.25, -0.2) is 0 Å². The number of hydrogen-bond acceptors (Lipinski definition) is 3. The van der Waals surface area contributed by atoms with Gasteiger partial charge in [0.15, 0.2) is 0 Å². The number of benzene rings is 2. The Morgan fingerprint density at radius 2 is 1.65 bits per heavy atom. The van der Waals surface area contributed by atoms with E-state index in [4.69, 9.17) is 17.3 Å². The molecule has 0 aliphatic carbocycles. The van der Waals surface area contributed by atoms with E-state index in [-0.39, 0.29) is 18.7 Å². The fourth-order valence-corrected chi connectivity index (χ4v) is 2.43. The summed E-state index contributed by atoms with van der Waals surface area (Å²) >= 11 is 5.81. The highest BCUT2D eigenvalue weighted by Crippen LogP contribution is 2.10. The van der Waals surface area contributed by atoms with E-state index in [1.165, 1.54) is 0 Å². The van der Waals surface area contributed by atoms with Crippen molar-refractivity contribution in [2.75, 3.05) is 0 Å². The van der Waals surface area contributed by atoms with Crippen LogP contribution in [0.4, 0.5) is 0 Å². The van der Waals surface area contributed by atoms with Crippen LogP contribution in [-0.4, -0.2) is 23.8 Å². The molecule has 3 amide bonds. The van der Waals surface area contributed by atoms with Crippen LogP contribution in [0.15, 0.2) is 54.6 Å². The fourth-order valence-electron chi connectivity index (χ4n) is 2.31. The maximum Gasteiger partial charge on any atom is 0.251 e. The molecule has 4 N–H and O–H groups in total. The highest BCUT2D eigenvalue weighted by atomic mass is 35.5. The molecule has 0 unspecified atom stereocenters. The van der Waals surface area contributed by atoms with Gasteiger partial charge >= 0.3 is 0 Å². The van der Waals surface area contributed by atoms with Crippen molar-refractivity contribution in [2.45, 2.75) is 25.4 Å². The monoisotopic (exact) mass is 373 g/mol. The SMILES string of the molecule is NC(=O)CC[C@H](NC(=O)c1ccc(Cl)cc1)C(=O)NCc1ccccc1. The summed E-state index contributed by atoms with van der Waals surface area (Å²) in [5.41, 5.74) is 6.47. The summed E-state index contributed by atoms with van der Waals surface area (Å²) in [4.78, 5) is 35.9. The first-order valence-electron chi connectivity index (χ1n) is 8.12. The molecule has 0 saturated heterocycles. The third-order valence-electron chi connectivity index (χ3n) is 3.72. The van der Waals surface area contributed by atoms with Crippen LogP contribution >= 0.6 is 11.6 Å². The Morgan fingerprint density at radius 1 is 1.00 bits per heavy atom. The predicted octanol–water partition coefficient (Wildman–Crippen LogP) is 2.02. The number of halogens is 1. The zero-order valence-electron chi connectivity index (χ0n) is 14.1. The van der Waals surface area contributed by atoms with Gasteiger partial charge in [-0.3, -0.25) is 14.4 Å². The van der Waals surface area contributed by atoms with Crippen molar-refractivity contribution in [2.24, 2.45) is 5.73 Å². The lowest BCUT2D eigenvalue weighted by Crippen LogP contribution is -2.47. The van der Waals surface area contributed by atoms with Gasteiger partial charge in [-0.1, -0.05) is 41.9 Å². The van der Waals surface area contributed by atoms with E-state index in [1.807, 2.05) is 30.3 Å². The van der Waals surface area contributed by atoms with Crippen LogP contribution in [0, 0.1) is 0 Å². The highest BCUT2D eigenvalue weighted by molar-refractivity contribution is 6.30. The molecule has 0 radical (unpaired) electrons. The summed E-state index contributed by atoms with van der Waals surface area (Å²) in [6.07, 6.45) is 0.111. The minimum absolute atomic E-state index is 0.00960. The van der Waals surface area contributed by atoms with Gasteiger partial charge in [-0.05, 0) is 36.2 Å². The van der Waals surface area contributed by atoms with Crippen molar-refractivity contribution < 1.29 is 14.4 Å². The second kappa shape index (κ2) is 9.58. The first-order chi connectivity index (χ1) is 12.5. The Labute approximate surface area is 156 Å². The smallest absolute Gasteiger partial charge is 0.251 e. The molecule has 0 aliphatic rings. The number of hydrogen-bond donors (Lipinski definition) is 3. The van der Waals surface area contributed by atoms with E-state index in [9.17, 15) is 14.4 Å². The largest absolute Gasteiger partial charge is 0.370 e. The summed E-state index contributed by atoms with van der Waals surface area (Å²) in [6.45, 7) is 0.323. The van der Waals surface area contributed by atoms with Crippen molar-refractivity contribution in [3.63, 3.8) is 0 Å². The highest BCUT2D eigenvalue weighted by Gasteiger charge is 2.21. The molecule has 6 nitrogen and oxygen atoms in total. The van der Waals surface area contributed by atoms with E-state index in [2.05, 4.69) is 10.6 Å². The van der Waals surface area contributed by atoms with Crippen molar-refractivity contribution in [3.8, 4) is 0 Å².